The van der Waals surface area contributed by atoms with Gasteiger partial charge in [-0.2, -0.15) is 13.2 Å². The van der Waals surface area contributed by atoms with Crippen LogP contribution in [0.15, 0.2) is 42.5 Å². The van der Waals surface area contributed by atoms with Crippen LogP contribution in [0, 0.1) is 5.82 Å². The van der Waals surface area contributed by atoms with Crippen molar-refractivity contribution in [2.45, 2.75) is 6.18 Å². The number of carboxylic acid groups (broad SMARTS) is 1. The van der Waals surface area contributed by atoms with E-state index in [9.17, 15) is 22.4 Å². The molecular weight excluding hydrogens is 276 g/mol. The quantitative estimate of drug-likeness (QED) is 0.839. The third kappa shape index (κ3) is 2.64. The molecule has 0 atom stereocenters. The molecule has 6 heteroatoms. The zero-order chi connectivity index (χ0) is 14.9. The summed E-state index contributed by atoms with van der Waals surface area (Å²) in [4.78, 5) is 10.8. The maximum absolute atomic E-state index is 13.9. The highest BCUT2D eigenvalue weighted by Crippen LogP contribution is 2.35. The monoisotopic (exact) mass is 284 g/mol. The second-order valence-corrected chi connectivity index (χ2v) is 4.05. The van der Waals surface area contributed by atoms with E-state index in [1.807, 2.05) is 0 Å². The van der Waals surface area contributed by atoms with Crippen molar-refractivity contribution in [2.24, 2.45) is 0 Å². The minimum absolute atomic E-state index is 0.0773. The number of aromatic carboxylic acids is 1. The Balaban J connectivity index is 2.59. The summed E-state index contributed by atoms with van der Waals surface area (Å²) in [6, 6.07) is 7.99. The van der Waals surface area contributed by atoms with Crippen molar-refractivity contribution >= 4 is 5.97 Å². The number of rotatable bonds is 2. The van der Waals surface area contributed by atoms with Gasteiger partial charge in [-0.25, -0.2) is 9.18 Å². The van der Waals surface area contributed by atoms with Gasteiger partial charge < -0.3 is 5.11 Å². The molecule has 0 saturated heterocycles. The third-order valence-corrected chi connectivity index (χ3v) is 2.72. The van der Waals surface area contributed by atoms with Gasteiger partial charge in [0.25, 0.3) is 0 Å². The minimum atomic E-state index is -4.80. The second-order valence-electron chi connectivity index (χ2n) is 4.05. The van der Waals surface area contributed by atoms with Crippen LogP contribution in [0.1, 0.15) is 15.9 Å². The molecule has 0 amide bonds. The van der Waals surface area contributed by atoms with Gasteiger partial charge in [0.2, 0.25) is 0 Å². The van der Waals surface area contributed by atoms with Gasteiger partial charge in [0.05, 0.1) is 11.1 Å². The van der Waals surface area contributed by atoms with E-state index >= 15 is 0 Å². The Labute approximate surface area is 111 Å². The zero-order valence-electron chi connectivity index (χ0n) is 9.91. The fourth-order valence-electron chi connectivity index (χ4n) is 1.79. The van der Waals surface area contributed by atoms with E-state index in [1.54, 1.807) is 0 Å². The Morgan fingerprint density at radius 2 is 1.70 bits per heavy atom. The molecule has 2 aromatic carbocycles. The molecule has 0 spiro atoms. The summed E-state index contributed by atoms with van der Waals surface area (Å²) in [5, 5.41) is 8.84. The van der Waals surface area contributed by atoms with Gasteiger partial charge in [-0.1, -0.05) is 24.3 Å². The van der Waals surface area contributed by atoms with E-state index in [2.05, 4.69) is 0 Å². The number of hydrogen-bond acceptors (Lipinski definition) is 1. The highest BCUT2D eigenvalue weighted by atomic mass is 19.4. The first kappa shape index (κ1) is 14.0. The van der Waals surface area contributed by atoms with Gasteiger partial charge in [-0.3, -0.25) is 0 Å². The van der Waals surface area contributed by atoms with Crippen molar-refractivity contribution < 1.29 is 27.5 Å². The van der Waals surface area contributed by atoms with Crippen LogP contribution in [-0.2, 0) is 6.18 Å². The second kappa shape index (κ2) is 4.96. The first-order valence-electron chi connectivity index (χ1n) is 5.50. The Hall–Kier alpha value is -2.37. The fourth-order valence-corrected chi connectivity index (χ4v) is 1.79. The summed E-state index contributed by atoms with van der Waals surface area (Å²) in [5.41, 5.74) is -1.72. The van der Waals surface area contributed by atoms with Gasteiger partial charge in [-0.05, 0) is 23.8 Å². The van der Waals surface area contributed by atoms with Gasteiger partial charge in [0.15, 0.2) is 0 Å². The molecule has 0 unspecified atom stereocenters. The molecule has 2 rings (SSSR count). The highest BCUT2D eigenvalue weighted by molar-refractivity contribution is 5.89. The minimum Gasteiger partial charge on any atom is -0.478 e. The molecule has 1 N–H and O–H groups in total. The highest BCUT2D eigenvalue weighted by Gasteiger charge is 2.34. The molecule has 0 aliphatic rings. The van der Waals surface area contributed by atoms with Crippen LogP contribution in [0.2, 0.25) is 0 Å². The normalized spacial score (nSPS) is 11.4. The molecule has 0 aliphatic carbocycles. The third-order valence-electron chi connectivity index (χ3n) is 2.72. The summed E-state index contributed by atoms with van der Waals surface area (Å²) in [6.07, 6.45) is -4.80. The van der Waals surface area contributed by atoms with Gasteiger partial charge in [0.1, 0.15) is 5.82 Å². The van der Waals surface area contributed by atoms with E-state index in [-0.39, 0.29) is 16.7 Å². The largest absolute Gasteiger partial charge is 0.478 e. The summed E-state index contributed by atoms with van der Waals surface area (Å²) < 4.78 is 51.8. The molecule has 2 aromatic rings. The maximum atomic E-state index is 13.9. The van der Waals surface area contributed by atoms with Crippen molar-refractivity contribution in [3.8, 4) is 11.1 Å². The van der Waals surface area contributed by atoms with Gasteiger partial charge in [-0.15, -0.1) is 0 Å². The molecular formula is C14H8F4O2. The van der Waals surface area contributed by atoms with Crippen LogP contribution in [-0.4, -0.2) is 11.1 Å². The van der Waals surface area contributed by atoms with Crippen molar-refractivity contribution in [2.75, 3.05) is 0 Å². The standard InChI is InChI=1S/C14H8F4O2/c15-12-10(5-2-6-11(12)14(16,17)18)8-3-1-4-9(7-8)13(19)20/h1-7H,(H,19,20). The van der Waals surface area contributed by atoms with Crippen molar-refractivity contribution in [3.63, 3.8) is 0 Å². The number of carbonyl (C=O) groups is 1. The Bertz CT molecular complexity index is 662. The summed E-state index contributed by atoms with van der Waals surface area (Å²) in [6.45, 7) is 0. The molecule has 0 saturated carbocycles. The van der Waals surface area contributed by atoms with Gasteiger partial charge >= 0.3 is 12.1 Å². The lowest BCUT2D eigenvalue weighted by atomic mass is 10.00. The number of hydrogen-bond donors (Lipinski definition) is 1. The Kier molecular flexibility index (Phi) is 3.48. The maximum Gasteiger partial charge on any atom is 0.419 e. The number of benzene rings is 2. The predicted molar refractivity (Wildman–Crippen MR) is 63.8 cm³/mol. The van der Waals surface area contributed by atoms with Crippen LogP contribution in [0.5, 0.6) is 0 Å². The summed E-state index contributed by atoms with van der Waals surface area (Å²) >= 11 is 0. The summed E-state index contributed by atoms with van der Waals surface area (Å²) in [5.74, 6) is -2.65. The number of halogens is 4. The zero-order valence-corrected chi connectivity index (χ0v) is 9.91. The molecule has 0 radical (unpaired) electrons. The smallest absolute Gasteiger partial charge is 0.419 e. The first-order valence-corrected chi connectivity index (χ1v) is 5.50. The predicted octanol–water partition coefficient (Wildman–Crippen LogP) is 4.21. The molecule has 0 aromatic heterocycles. The fraction of sp³-hybridized carbons (Fsp3) is 0.0714. The van der Waals surface area contributed by atoms with Crippen LogP contribution >= 0.6 is 0 Å². The van der Waals surface area contributed by atoms with Crippen LogP contribution < -0.4 is 0 Å². The molecule has 0 aliphatic heterocycles. The van der Waals surface area contributed by atoms with E-state index in [0.29, 0.717) is 6.07 Å². The average molecular weight is 284 g/mol. The molecule has 0 bridgehead atoms. The van der Waals surface area contributed by atoms with Gasteiger partial charge in [0, 0.05) is 5.56 Å². The summed E-state index contributed by atoms with van der Waals surface area (Å²) in [7, 11) is 0. The topological polar surface area (TPSA) is 37.3 Å². The molecule has 0 heterocycles. The van der Waals surface area contributed by atoms with Crippen molar-refractivity contribution in [1.29, 1.82) is 0 Å². The van der Waals surface area contributed by atoms with Crippen molar-refractivity contribution in [1.82, 2.24) is 0 Å². The number of alkyl halides is 3. The van der Waals surface area contributed by atoms with Crippen LogP contribution in [0.4, 0.5) is 17.6 Å². The first-order chi connectivity index (χ1) is 9.30. The Morgan fingerprint density at radius 1 is 1.05 bits per heavy atom. The van der Waals surface area contributed by atoms with E-state index in [1.165, 1.54) is 24.3 Å². The lowest BCUT2D eigenvalue weighted by molar-refractivity contribution is -0.139. The lowest BCUT2D eigenvalue weighted by Crippen LogP contribution is -2.08. The Morgan fingerprint density at radius 3 is 2.30 bits per heavy atom. The average Bonchev–Trinajstić information content (AvgIpc) is 2.37. The molecule has 104 valence electrons. The van der Waals surface area contributed by atoms with Crippen molar-refractivity contribution in [3.05, 3.63) is 59.4 Å². The van der Waals surface area contributed by atoms with Crippen LogP contribution in [0.25, 0.3) is 11.1 Å². The van der Waals surface area contributed by atoms with Crippen LogP contribution in [0.3, 0.4) is 0 Å². The molecule has 20 heavy (non-hydrogen) atoms. The van der Waals surface area contributed by atoms with E-state index < -0.39 is 23.5 Å². The lowest BCUT2D eigenvalue weighted by Gasteiger charge is -2.11. The van der Waals surface area contributed by atoms with E-state index in [4.69, 9.17) is 5.11 Å². The van der Waals surface area contributed by atoms with E-state index in [0.717, 1.165) is 12.1 Å². The molecule has 2 nitrogen and oxygen atoms in total. The SMILES string of the molecule is O=C(O)c1cccc(-c2cccc(C(F)(F)F)c2F)c1. The molecule has 0 fully saturated rings. The number of carboxylic acids is 1.